The lowest BCUT2D eigenvalue weighted by atomic mass is 10.2. The van der Waals surface area contributed by atoms with E-state index in [1.165, 1.54) is 12.1 Å². The van der Waals surface area contributed by atoms with Crippen LogP contribution in [0.4, 0.5) is 5.69 Å². The number of carboxylic acids is 1. The maximum Gasteiger partial charge on any atom is 0.371 e. The molecule has 1 heterocycles. The van der Waals surface area contributed by atoms with Crippen LogP contribution in [0.3, 0.4) is 0 Å². The van der Waals surface area contributed by atoms with Gasteiger partial charge in [-0.3, -0.25) is 4.79 Å². The minimum absolute atomic E-state index is 0.105. The summed E-state index contributed by atoms with van der Waals surface area (Å²) in [6, 6.07) is 7.66. The van der Waals surface area contributed by atoms with Crippen LogP contribution in [0.15, 0.2) is 39.2 Å². The highest BCUT2D eigenvalue weighted by Gasteiger charge is 2.11. The molecule has 2 aromatic rings. The van der Waals surface area contributed by atoms with E-state index < -0.39 is 5.97 Å². The number of carbonyl (C=O) groups is 2. The highest BCUT2D eigenvalue weighted by atomic mass is 79.9. The molecule has 2 rings (SSSR count). The molecule has 7 heteroatoms. The summed E-state index contributed by atoms with van der Waals surface area (Å²) in [6.45, 7) is 0.105. The largest absolute Gasteiger partial charge is 0.475 e. The van der Waals surface area contributed by atoms with Crippen LogP contribution >= 0.6 is 15.9 Å². The van der Waals surface area contributed by atoms with Crippen molar-refractivity contribution in [3.8, 4) is 0 Å². The Balaban J connectivity index is 2.00. The van der Waals surface area contributed by atoms with Gasteiger partial charge in [0.1, 0.15) is 5.76 Å². The first kappa shape index (κ1) is 14.1. The SMILES string of the molecule is Nc1ccc(C(=O)NCc2ccc(C(=O)O)o2)cc1Br. The molecule has 0 aliphatic heterocycles. The molecule has 20 heavy (non-hydrogen) atoms. The van der Waals surface area contributed by atoms with Crippen LogP contribution in [-0.4, -0.2) is 17.0 Å². The van der Waals surface area contributed by atoms with Gasteiger partial charge in [0.2, 0.25) is 5.76 Å². The predicted octanol–water partition coefficient (Wildman–Crippen LogP) is 2.25. The first-order valence-corrected chi connectivity index (χ1v) is 6.42. The fourth-order valence-electron chi connectivity index (χ4n) is 1.53. The minimum atomic E-state index is -1.15. The van der Waals surface area contributed by atoms with Gasteiger partial charge in [-0.1, -0.05) is 0 Å². The Hall–Kier alpha value is -2.28. The molecule has 1 aromatic heterocycles. The number of benzene rings is 1. The molecule has 0 radical (unpaired) electrons. The summed E-state index contributed by atoms with van der Waals surface area (Å²) in [4.78, 5) is 22.5. The summed E-state index contributed by atoms with van der Waals surface area (Å²) < 4.78 is 5.67. The zero-order valence-electron chi connectivity index (χ0n) is 10.2. The van der Waals surface area contributed by atoms with Gasteiger partial charge in [0.15, 0.2) is 0 Å². The predicted molar refractivity (Wildman–Crippen MR) is 75.4 cm³/mol. The topological polar surface area (TPSA) is 106 Å². The third-order valence-corrected chi connectivity index (χ3v) is 3.25. The first-order valence-electron chi connectivity index (χ1n) is 5.62. The summed E-state index contributed by atoms with van der Waals surface area (Å²) in [5.41, 5.74) is 6.62. The van der Waals surface area contributed by atoms with E-state index >= 15 is 0 Å². The Bertz CT molecular complexity index is 666. The van der Waals surface area contributed by atoms with E-state index in [1.54, 1.807) is 18.2 Å². The van der Waals surface area contributed by atoms with Crippen molar-refractivity contribution < 1.29 is 19.1 Å². The van der Waals surface area contributed by atoms with Crippen molar-refractivity contribution in [3.63, 3.8) is 0 Å². The number of furan rings is 1. The number of hydrogen-bond donors (Lipinski definition) is 3. The van der Waals surface area contributed by atoms with Gasteiger partial charge >= 0.3 is 5.97 Å². The molecule has 1 aromatic carbocycles. The summed E-state index contributed by atoms with van der Waals surface area (Å²) in [5.74, 6) is -1.25. The molecule has 104 valence electrons. The van der Waals surface area contributed by atoms with Crippen LogP contribution in [0.1, 0.15) is 26.7 Å². The number of amides is 1. The lowest BCUT2D eigenvalue weighted by molar-refractivity contribution is 0.0660. The number of rotatable bonds is 4. The Morgan fingerprint density at radius 2 is 2.05 bits per heavy atom. The normalized spacial score (nSPS) is 10.2. The fourth-order valence-corrected chi connectivity index (χ4v) is 1.90. The molecular weight excluding hydrogens is 328 g/mol. The van der Waals surface area contributed by atoms with Gasteiger partial charge in [0.05, 0.1) is 6.54 Å². The summed E-state index contributed by atoms with van der Waals surface area (Å²) >= 11 is 3.24. The van der Waals surface area contributed by atoms with Crippen molar-refractivity contribution >= 4 is 33.5 Å². The summed E-state index contributed by atoms with van der Waals surface area (Å²) in [7, 11) is 0. The quantitative estimate of drug-likeness (QED) is 0.741. The average Bonchev–Trinajstić information content (AvgIpc) is 2.88. The van der Waals surface area contributed by atoms with E-state index in [1.807, 2.05) is 0 Å². The lowest BCUT2D eigenvalue weighted by Gasteiger charge is -2.05. The molecule has 0 spiro atoms. The van der Waals surface area contributed by atoms with Crippen LogP contribution in [0.2, 0.25) is 0 Å². The molecule has 0 saturated heterocycles. The number of aromatic carboxylic acids is 1. The third kappa shape index (κ3) is 3.18. The van der Waals surface area contributed by atoms with Crippen molar-refractivity contribution in [1.29, 1.82) is 0 Å². The second-order valence-corrected chi connectivity index (χ2v) is 4.84. The minimum Gasteiger partial charge on any atom is -0.475 e. The van der Waals surface area contributed by atoms with E-state index in [-0.39, 0.29) is 18.2 Å². The van der Waals surface area contributed by atoms with Gasteiger partial charge in [-0.15, -0.1) is 0 Å². The van der Waals surface area contributed by atoms with E-state index in [2.05, 4.69) is 21.2 Å². The van der Waals surface area contributed by atoms with Gasteiger partial charge in [-0.2, -0.15) is 0 Å². The van der Waals surface area contributed by atoms with E-state index in [0.717, 1.165) is 0 Å². The molecule has 0 bridgehead atoms. The Kier molecular flexibility index (Phi) is 4.09. The molecule has 0 fully saturated rings. The number of anilines is 1. The lowest BCUT2D eigenvalue weighted by Crippen LogP contribution is -2.22. The van der Waals surface area contributed by atoms with Gasteiger partial charge < -0.3 is 20.6 Å². The molecule has 0 saturated carbocycles. The van der Waals surface area contributed by atoms with Crippen molar-refractivity contribution in [1.82, 2.24) is 5.32 Å². The third-order valence-electron chi connectivity index (χ3n) is 2.56. The molecule has 0 atom stereocenters. The standard InChI is InChI=1S/C13H11BrN2O4/c14-9-5-7(1-3-10(9)15)12(17)16-6-8-2-4-11(20-8)13(18)19/h1-5H,6,15H2,(H,16,17)(H,18,19). The summed E-state index contributed by atoms with van der Waals surface area (Å²) in [6.07, 6.45) is 0. The number of hydrogen-bond acceptors (Lipinski definition) is 4. The van der Waals surface area contributed by atoms with Crippen LogP contribution in [0.5, 0.6) is 0 Å². The molecule has 1 amide bonds. The van der Waals surface area contributed by atoms with Gasteiger partial charge in [0.25, 0.3) is 5.91 Å². The van der Waals surface area contributed by atoms with Crippen LogP contribution < -0.4 is 11.1 Å². The zero-order valence-corrected chi connectivity index (χ0v) is 11.8. The Morgan fingerprint density at radius 3 is 2.65 bits per heavy atom. The molecular formula is C13H11BrN2O4. The smallest absolute Gasteiger partial charge is 0.371 e. The molecule has 0 aliphatic rings. The number of carboxylic acid groups (broad SMARTS) is 1. The zero-order chi connectivity index (χ0) is 14.7. The molecule has 4 N–H and O–H groups in total. The fraction of sp³-hybridized carbons (Fsp3) is 0.0769. The van der Waals surface area contributed by atoms with Gasteiger partial charge in [0, 0.05) is 15.7 Å². The first-order chi connectivity index (χ1) is 9.47. The van der Waals surface area contributed by atoms with Crippen molar-refractivity contribution in [2.75, 3.05) is 5.73 Å². The van der Waals surface area contributed by atoms with E-state index in [0.29, 0.717) is 21.5 Å². The maximum absolute atomic E-state index is 11.9. The second-order valence-electron chi connectivity index (χ2n) is 3.99. The van der Waals surface area contributed by atoms with Crippen molar-refractivity contribution in [2.24, 2.45) is 0 Å². The monoisotopic (exact) mass is 338 g/mol. The Morgan fingerprint density at radius 1 is 1.30 bits per heavy atom. The van der Waals surface area contributed by atoms with Crippen LogP contribution in [0, 0.1) is 0 Å². The van der Waals surface area contributed by atoms with E-state index in [9.17, 15) is 9.59 Å². The Labute approximate surface area is 122 Å². The van der Waals surface area contributed by atoms with Crippen LogP contribution in [-0.2, 0) is 6.54 Å². The number of nitrogen functional groups attached to an aromatic ring is 1. The highest BCUT2D eigenvalue weighted by Crippen LogP contribution is 2.20. The van der Waals surface area contributed by atoms with Gasteiger partial charge in [-0.05, 0) is 46.3 Å². The molecule has 0 aliphatic carbocycles. The summed E-state index contributed by atoms with van der Waals surface area (Å²) in [5, 5.41) is 11.3. The number of nitrogens with one attached hydrogen (secondary N) is 1. The maximum atomic E-state index is 11.9. The number of carbonyl (C=O) groups excluding carboxylic acids is 1. The molecule has 6 nitrogen and oxygen atoms in total. The molecule has 0 unspecified atom stereocenters. The van der Waals surface area contributed by atoms with Crippen molar-refractivity contribution in [3.05, 3.63) is 51.9 Å². The van der Waals surface area contributed by atoms with E-state index in [4.69, 9.17) is 15.3 Å². The number of nitrogens with two attached hydrogens (primary N) is 1. The van der Waals surface area contributed by atoms with Gasteiger partial charge in [-0.25, -0.2) is 4.79 Å². The van der Waals surface area contributed by atoms with Crippen LogP contribution in [0.25, 0.3) is 0 Å². The average molecular weight is 339 g/mol. The second kappa shape index (κ2) is 5.79. The number of halogens is 1. The highest BCUT2D eigenvalue weighted by molar-refractivity contribution is 9.10. The van der Waals surface area contributed by atoms with Crippen molar-refractivity contribution in [2.45, 2.75) is 6.54 Å².